The van der Waals surface area contributed by atoms with Crippen LogP contribution in [0.3, 0.4) is 0 Å². The Hall–Kier alpha value is -0.163. The van der Waals surface area contributed by atoms with Crippen LogP contribution in [0.15, 0.2) is 30.3 Å². The average molecular weight is 384 g/mol. The van der Waals surface area contributed by atoms with Gasteiger partial charge in [0.15, 0.2) is 8.32 Å². The van der Waals surface area contributed by atoms with E-state index in [0.29, 0.717) is 17.0 Å². The second-order valence-electron chi connectivity index (χ2n) is 8.02. The van der Waals surface area contributed by atoms with Crippen LogP contribution in [-0.2, 0) is 11.0 Å². The third-order valence-corrected chi connectivity index (χ3v) is 11.1. The Labute approximate surface area is 145 Å². The number of halogens is 1. The molecule has 1 aromatic carbocycles. The molecule has 1 heterocycles. The van der Waals surface area contributed by atoms with E-state index >= 15 is 0 Å². The fourth-order valence-corrected chi connectivity index (χ4v) is 4.83. The number of hydrogen-bond acceptors (Lipinski definition) is 2. The number of likely N-dealkylation sites (tertiary alicyclic amines) is 1. The largest absolute Gasteiger partial charge is 0.411 e. The Kier molecular flexibility index (Phi) is 5.58. The molecule has 0 radical (unpaired) electrons. The van der Waals surface area contributed by atoms with E-state index in [1.165, 1.54) is 5.56 Å². The van der Waals surface area contributed by atoms with Crippen LogP contribution in [0.4, 0.5) is 0 Å². The van der Waals surface area contributed by atoms with Gasteiger partial charge in [0, 0.05) is 19.1 Å². The highest BCUT2D eigenvalue weighted by atomic mass is 79.9. The maximum atomic E-state index is 6.66. The van der Waals surface area contributed by atoms with Crippen molar-refractivity contribution in [2.24, 2.45) is 0 Å². The highest BCUT2D eigenvalue weighted by Crippen LogP contribution is 2.40. The Morgan fingerprint density at radius 1 is 1.23 bits per heavy atom. The average Bonchev–Trinajstić information content (AvgIpc) is 2.67. The summed E-state index contributed by atoms with van der Waals surface area (Å²) in [7, 11) is -1.72. The van der Waals surface area contributed by atoms with Crippen molar-refractivity contribution < 1.29 is 4.43 Å². The van der Waals surface area contributed by atoms with Crippen molar-refractivity contribution >= 4 is 24.2 Å². The molecular formula is C18H30BrNOSi. The van der Waals surface area contributed by atoms with Gasteiger partial charge in [-0.1, -0.05) is 67.0 Å². The first kappa shape index (κ1) is 18.2. The van der Waals surface area contributed by atoms with Crippen LogP contribution >= 0.6 is 15.9 Å². The standard InChI is InChI=1S/C18H30BrNOSi/c1-14-17(19)16(21-22(5,6)18(2,3)4)13-20(14)12-15-10-8-7-9-11-15/h7-11,14,16-17H,12-13H2,1-6H3/t14?,16-,17+/m0/s1. The molecule has 1 fully saturated rings. The molecule has 2 rings (SSSR count). The number of nitrogens with zero attached hydrogens (tertiary/aromatic N) is 1. The first-order chi connectivity index (χ1) is 10.1. The fourth-order valence-electron chi connectivity index (χ4n) is 2.69. The minimum atomic E-state index is -1.72. The molecule has 0 spiro atoms. The van der Waals surface area contributed by atoms with E-state index in [1.54, 1.807) is 0 Å². The van der Waals surface area contributed by atoms with Crippen LogP contribution < -0.4 is 0 Å². The molecule has 1 aromatic rings. The van der Waals surface area contributed by atoms with E-state index in [4.69, 9.17) is 4.43 Å². The predicted octanol–water partition coefficient (Wildman–Crippen LogP) is 5.04. The maximum Gasteiger partial charge on any atom is 0.192 e. The lowest BCUT2D eigenvalue weighted by molar-refractivity contribution is 0.180. The van der Waals surface area contributed by atoms with Crippen molar-refractivity contribution in [2.45, 2.75) is 69.3 Å². The summed E-state index contributed by atoms with van der Waals surface area (Å²) < 4.78 is 6.66. The number of alkyl halides is 1. The van der Waals surface area contributed by atoms with Crippen LogP contribution in [0.5, 0.6) is 0 Å². The summed E-state index contributed by atoms with van der Waals surface area (Å²) in [5.74, 6) is 0. The van der Waals surface area contributed by atoms with Gasteiger partial charge in [0.25, 0.3) is 0 Å². The van der Waals surface area contributed by atoms with Crippen LogP contribution in [-0.4, -0.2) is 36.7 Å². The molecule has 0 N–H and O–H groups in total. The molecule has 1 aliphatic rings. The zero-order chi connectivity index (χ0) is 16.5. The molecule has 124 valence electrons. The summed E-state index contributed by atoms with van der Waals surface area (Å²) in [5, 5.41) is 0.260. The van der Waals surface area contributed by atoms with Crippen molar-refractivity contribution in [2.75, 3.05) is 6.54 Å². The molecule has 0 aliphatic carbocycles. The van der Waals surface area contributed by atoms with Gasteiger partial charge in [0.05, 0.1) is 10.9 Å². The third kappa shape index (κ3) is 4.02. The summed E-state index contributed by atoms with van der Waals surface area (Å²) in [4.78, 5) is 2.94. The predicted molar refractivity (Wildman–Crippen MR) is 101 cm³/mol. The van der Waals surface area contributed by atoms with Gasteiger partial charge in [-0.25, -0.2) is 0 Å². The van der Waals surface area contributed by atoms with Crippen molar-refractivity contribution in [3.8, 4) is 0 Å². The smallest absolute Gasteiger partial charge is 0.192 e. The van der Waals surface area contributed by atoms with Crippen molar-refractivity contribution in [3.63, 3.8) is 0 Å². The van der Waals surface area contributed by atoms with E-state index in [1.807, 2.05) is 0 Å². The first-order valence-corrected chi connectivity index (χ1v) is 12.0. The molecule has 0 aromatic heterocycles. The highest BCUT2D eigenvalue weighted by Gasteiger charge is 2.45. The van der Waals surface area contributed by atoms with E-state index in [2.05, 4.69) is 92.0 Å². The summed E-state index contributed by atoms with van der Waals surface area (Å²) in [6.45, 7) is 15.9. The molecule has 2 nitrogen and oxygen atoms in total. The Morgan fingerprint density at radius 2 is 1.82 bits per heavy atom. The SMILES string of the molecule is CC1[C@@H](Br)[C@@H](O[Si](C)(C)C(C)(C)C)CN1Cc1ccccc1. The number of benzene rings is 1. The van der Waals surface area contributed by atoms with Gasteiger partial charge in [-0.15, -0.1) is 0 Å². The summed E-state index contributed by atoms with van der Waals surface area (Å²) in [6.07, 6.45) is 0.291. The normalized spacial score (nSPS) is 27.3. The molecule has 4 heteroatoms. The van der Waals surface area contributed by atoms with Crippen molar-refractivity contribution in [1.82, 2.24) is 4.90 Å². The number of hydrogen-bond donors (Lipinski definition) is 0. The summed E-state index contributed by atoms with van der Waals surface area (Å²) in [6, 6.07) is 11.2. The van der Waals surface area contributed by atoms with Crippen molar-refractivity contribution in [1.29, 1.82) is 0 Å². The quantitative estimate of drug-likeness (QED) is 0.532. The minimum Gasteiger partial charge on any atom is -0.411 e. The van der Waals surface area contributed by atoms with E-state index in [9.17, 15) is 0 Å². The Morgan fingerprint density at radius 3 is 2.36 bits per heavy atom. The Balaban J connectivity index is 2.04. The lowest BCUT2D eigenvalue weighted by Crippen LogP contribution is -2.46. The molecule has 3 atom stereocenters. The lowest BCUT2D eigenvalue weighted by Gasteiger charge is -2.39. The molecule has 0 saturated carbocycles. The Bertz CT molecular complexity index is 486. The van der Waals surface area contributed by atoms with E-state index in [0.717, 1.165) is 13.1 Å². The first-order valence-electron chi connectivity index (χ1n) is 8.22. The molecule has 1 saturated heterocycles. The molecule has 0 amide bonds. The van der Waals surface area contributed by atoms with Gasteiger partial charge < -0.3 is 4.43 Å². The minimum absolute atomic E-state index is 0.260. The molecular weight excluding hydrogens is 354 g/mol. The third-order valence-electron chi connectivity index (χ3n) is 5.29. The van der Waals surface area contributed by atoms with Gasteiger partial charge in [0.1, 0.15) is 0 Å². The molecule has 1 aliphatic heterocycles. The highest BCUT2D eigenvalue weighted by molar-refractivity contribution is 9.09. The fraction of sp³-hybridized carbons (Fsp3) is 0.667. The van der Waals surface area contributed by atoms with Crippen molar-refractivity contribution in [3.05, 3.63) is 35.9 Å². The zero-order valence-corrected chi connectivity index (χ0v) is 17.4. The van der Waals surface area contributed by atoms with Gasteiger partial charge in [0.2, 0.25) is 0 Å². The van der Waals surface area contributed by atoms with Gasteiger partial charge in [-0.3, -0.25) is 4.90 Å². The van der Waals surface area contributed by atoms with Crippen LogP contribution in [0, 0.1) is 0 Å². The summed E-state index contributed by atoms with van der Waals surface area (Å²) >= 11 is 3.90. The van der Waals surface area contributed by atoms with E-state index < -0.39 is 8.32 Å². The summed E-state index contributed by atoms with van der Waals surface area (Å²) in [5.41, 5.74) is 1.38. The maximum absolute atomic E-state index is 6.66. The second kappa shape index (κ2) is 6.76. The van der Waals surface area contributed by atoms with Crippen LogP contribution in [0.1, 0.15) is 33.3 Å². The monoisotopic (exact) mass is 383 g/mol. The van der Waals surface area contributed by atoms with Crippen LogP contribution in [0.2, 0.25) is 18.1 Å². The molecule has 1 unspecified atom stereocenters. The van der Waals surface area contributed by atoms with E-state index in [-0.39, 0.29) is 5.04 Å². The van der Waals surface area contributed by atoms with Gasteiger partial charge in [-0.2, -0.15) is 0 Å². The topological polar surface area (TPSA) is 12.5 Å². The van der Waals surface area contributed by atoms with Gasteiger partial charge >= 0.3 is 0 Å². The zero-order valence-electron chi connectivity index (χ0n) is 14.8. The van der Waals surface area contributed by atoms with Crippen LogP contribution in [0.25, 0.3) is 0 Å². The second-order valence-corrected chi connectivity index (χ2v) is 13.8. The molecule has 22 heavy (non-hydrogen) atoms. The number of rotatable bonds is 4. The van der Waals surface area contributed by atoms with Gasteiger partial charge in [-0.05, 0) is 30.6 Å². The molecule has 0 bridgehead atoms. The lowest BCUT2D eigenvalue weighted by atomic mass is 10.2.